The van der Waals surface area contributed by atoms with Gasteiger partial charge in [0.2, 0.25) is 0 Å². The standard InChI is InChI=1S/C28H40O7/c1-16-12-13-19-20(11-10-14-27(19,4)5)28(16,6)26(35-18(3)30)23-24(33-9)21(31-7)15-22(32-8)25(23)34-17(2)29/h13,15-16,20,26H,10-12,14H2,1-9H3/t16-,20+,26?,28+/m0/s1. The van der Waals surface area contributed by atoms with Crippen LogP contribution in [0.3, 0.4) is 0 Å². The highest BCUT2D eigenvalue weighted by Gasteiger charge is 2.55. The Kier molecular flexibility index (Phi) is 7.77. The molecule has 35 heavy (non-hydrogen) atoms. The Balaban J connectivity index is 2.38. The Morgan fingerprint density at radius 1 is 0.971 bits per heavy atom. The van der Waals surface area contributed by atoms with Crippen molar-refractivity contribution in [1.29, 1.82) is 0 Å². The quantitative estimate of drug-likeness (QED) is 0.263. The molecular weight excluding hydrogens is 448 g/mol. The summed E-state index contributed by atoms with van der Waals surface area (Å²) in [5.74, 6) is 0.648. The Hall–Kier alpha value is -2.70. The second kappa shape index (κ2) is 10.1. The number of benzene rings is 1. The minimum absolute atomic E-state index is 0.0555. The fourth-order valence-electron chi connectivity index (χ4n) is 6.21. The maximum atomic E-state index is 12.6. The van der Waals surface area contributed by atoms with Gasteiger partial charge in [0.25, 0.3) is 0 Å². The van der Waals surface area contributed by atoms with Gasteiger partial charge in [-0.2, -0.15) is 0 Å². The average Bonchev–Trinajstić information content (AvgIpc) is 2.79. The molecule has 7 heteroatoms. The molecule has 1 aromatic carbocycles. The molecule has 0 aromatic heterocycles. The number of hydrogen-bond donors (Lipinski definition) is 0. The first-order valence-electron chi connectivity index (χ1n) is 12.3. The fraction of sp³-hybridized carbons (Fsp3) is 0.643. The Morgan fingerprint density at radius 2 is 1.60 bits per heavy atom. The maximum absolute atomic E-state index is 12.6. The third kappa shape index (κ3) is 4.74. The summed E-state index contributed by atoms with van der Waals surface area (Å²) in [4.78, 5) is 24.8. The molecular formula is C28H40O7. The van der Waals surface area contributed by atoms with Crippen LogP contribution in [0.5, 0.6) is 23.0 Å². The van der Waals surface area contributed by atoms with Gasteiger partial charge < -0.3 is 23.7 Å². The summed E-state index contributed by atoms with van der Waals surface area (Å²) in [6.07, 6.45) is 5.66. The molecule has 2 aliphatic carbocycles. The predicted molar refractivity (Wildman–Crippen MR) is 133 cm³/mol. The van der Waals surface area contributed by atoms with Crippen LogP contribution < -0.4 is 18.9 Å². The zero-order valence-corrected chi connectivity index (χ0v) is 22.6. The average molecular weight is 489 g/mol. The minimum atomic E-state index is -0.772. The number of esters is 2. The third-order valence-corrected chi connectivity index (χ3v) is 8.16. The van der Waals surface area contributed by atoms with E-state index in [4.69, 9.17) is 23.7 Å². The van der Waals surface area contributed by atoms with Crippen LogP contribution in [0.2, 0.25) is 0 Å². The van der Waals surface area contributed by atoms with E-state index in [-0.39, 0.29) is 23.0 Å². The summed E-state index contributed by atoms with van der Waals surface area (Å²) in [5, 5.41) is 0. The Morgan fingerprint density at radius 3 is 2.14 bits per heavy atom. The largest absolute Gasteiger partial charge is 0.493 e. The number of hydrogen-bond acceptors (Lipinski definition) is 7. The van der Waals surface area contributed by atoms with Crippen molar-refractivity contribution in [3.63, 3.8) is 0 Å². The van der Waals surface area contributed by atoms with Crippen molar-refractivity contribution in [2.75, 3.05) is 21.3 Å². The van der Waals surface area contributed by atoms with E-state index in [1.807, 2.05) is 0 Å². The van der Waals surface area contributed by atoms with Crippen molar-refractivity contribution >= 4 is 11.9 Å². The molecule has 7 nitrogen and oxygen atoms in total. The van der Waals surface area contributed by atoms with Gasteiger partial charge in [0, 0.05) is 25.3 Å². The van der Waals surface area contributed by atoms with E-state index in [2.05, 4.69) is 33.8 Å². The van der Waals surface area contributed by atoms with E-state index in [0.717, 1.165) is 25.7 Å². The lowest BCUT2D eigenvalue weighted by atomic mass is 9.50. The van der Waals surface area contributed by atoms with Crippen molar-refractivity contribution in [2.24, 2.45) is 22.7 Å². The molecule has 0 heterocycles. The zero-order chi connectivity index (χ0) is 26.1. The van der Waals surface area contributed by atoms with Gasteiger partial charge >= 0.3 is 11.9 Å². The molecule has 0 N–H and O–H groups in total. The molecule has 1 fully saturated rings. The first-order valence-corrected chi connectivity index (χ1v) is 12.3. The van der Waals surface area contributed by atoms with Crippen LogP contribution in [0, 0.1) is 22.7 Å². The molecule has 3 rings (SSSR count). The second-order valence-corrected chi connectivity index (χ2v) is 10.6. The first kappa shape index (κ1) is 26.9. The monoisotopic (exact) mass is 488 g/mol. The van der Waals surface area contributed by atoms with Crippen LogP contribution in [0.1, 0.15) is 78.9 Å². The first-order chi connectivity index (χ1) is 16.4. The lowest BCUT2D eigenvalue weighted by Gasteiger charge is -2.55. The Labute approximate surface area is 209 Å². The summed E-state index contributed by atoms with van der Waals surface area (Å²) >= 11 is 0. The molecule has 4 atom stereocenters. The highest BCUT2D eigenvalue weighted by atomic mass is 16.6. The van der Waals surface area contributed by atoms with E-state index in [1.165, 1.54) is 40.7 Å². The molecule has 1 unspecified atom stereocenters. The molecule has 1 saturated carbocycles. The highest BCUT2D eigenvalue weighted by molar-refractivity contribution is 5.74. The van der Waals surface area contributed by atoms with Gasteiger partial charge in [-0.25, -0.2) is 0 Å². The Bertz CT molecular complexity index is 1010. The number of carbonyl (C=O) groups is 2. The van der Waals surface area contributed by atoms with Gasteiger partial charge in [-0.05, 0) is 36.5 Å². The summed E-state index contributed by atoms with van der Waals surface area (Å²) in [6, 6.07) is 1.62. The van der Waals surface area contributed by atoms with E-state index in [9.17, 15) is 9.59 Å². The topological polar surface area (TPSA) is 80.3 Å². The van der Waals surface area contributed by atoms with Crippen LogP contribution in [0.4, 0.5) is 0 Å². The number of allylic oxidation sites excluding steroid dienone is 2. The normalized spacial score (nSPS) is 26.0. The highest BCUT2D eigenvalue weighted by Crippen LogP contribution is 2.64. The molecule has 0 radical (unpaired) electrons. The fourth-order valence-corrected chi connectivity index (χ4v) is 6.21. The van der Waals surface area contributed by atoms with Gasteiger partial charge in [0.1, 0.15) is 6.10 Å². The number of carbonyl (C=O) groups excluding carboxylic acids is 2. The van der Waals surface area contributed by atoms with Gasteiger partial charge in [0.05, 0.1) is 26.9 Å². The molecule has 0 amide bonds. The number of fused-ring (bicyclic) bond motifs is 1. The van der Waals surface area contributed by atoms with Crippen molar-refractivity contribution in [3.8, 4) is 23.0 Å². The summed E-state index contributed by atoms with van der Waals surface area (Å²) < 4.78 is 28.9. The molecule has 0 saturated heterocycles. The van der Waals surface area contributed by atoms with E-state index < -0.39 is 23.5 Å². The van der Waals surface area contributed by atoms with Gasteiger partial charge in [-0.3, -0.25) is 9.59 Å². The molecule has 0 aliphatic heterocycles. The molecule has 1 aromatic rings. The van der Waals surface area contributed by atoms with Gasteiger partial charge in [-0.15, -0.1) is 0 Å². The predicted octanol–water partition coefficient (Wildman–Crippen LogP) is 6.04. The van der Waals surface area contributed by atoms with Crippen LogP contribution in [0.15, 0.2) is 17.7 Å². The van der Waals surface area contributed by atoms with Crippen molar-refractivity contribution in [3.05, 3.63) is 23.3 Å². The molecule has 0 bridgehead atoms. The smallest absolute Gasteiger partial charge is 0.308 e. The summed E-state index contributed by atoms with van der Waals surface area (Å²) in [7, 11) is 4.55. The van der Waals surface area contributed by atoms with Gasteiger partial charge in [-0.1, -0.05) is 45.8 Å². The van der Waals surface area contributed by atoms with Crippen molar-refractivity contribution in [2.45, 2.75) is 73.3 Å². The van der Waals surface area contributed by atoms with Crippen LogP contribution in [-0.4, -0.2) is 33.3 Å². The zero-order valence-electron chi connectivity index (χ0n) is 22.6. The van der Waals surface area contributed by atoms with Gasteiger partial charge in [0.15, 0.2) is 23.0 Å². The minimum Gasteiger partial charge on any atom is -0.493 e. The van der Waals surface area contributed by atoms with Crippen LogP contribution in [0.25, 0.3) is 0 Å². The van der Waals surface area contributed by atoms with E-state index >= 15 is 0 Å². The van der Waals surface area contributed by atoms with Crippen molar-refractivity contribution in [1.82, 2.24) is 0 Å². The lowest BCUT2D eigenvalue weighted by molar-refractivity contribution is -0.162. The third-order valence-electron chi connectivity index (χ3n) is 8.16. The summed E-state index contributed by atoms with van der Waals surface area (Å²) in [5.41, 5.74) is 1.41. The second-order valence-electron chi connectivity index (χ2n) is 10.6. The maximum Gasteiger partial charge on any atom is 0.308 e. The number of rotatable bonds is 7. The SMILES string of the molecule is COc1cc(OC)c(OC(C)=O)c(C(OC(C)=O)[C@@]2(C)[C@@H]3CCCC(C)(C)C3=CC[C@@H]2C)c1OC. The number of methoxy groups -OCH3 is 3. The van der Waals surface area contributed by atoms with Crippen molar-refractivity contribution < 1.29 is 33.3 Å². The van der Waals surface area contributed by atoms with Crippen LogP contribution in [-0.2, 0) is 14.3 Å². The van der Waals surface area contributed by atoms with E-state index in [0.29, 0.717) is 22.8 Å². The molecule has 194 valence electrons. The van der Waals surface area contributed by atoms with E-state index in [1.54, 1.807) is 6.07 Å². The lowest BCUT2D eigenvalue weighted by Crippen LogP contribution is -2.48. The number of ether oxygens (including phenoxy) is 5. The summed E-state index contributed by atoms with van der Waals surface area (Å²) in [6.45, 7) is 11.7. The molecule has 2 aliphatic rings. The van der Waals surface area contributed by atoms with Crippen LogP contribution >= 0.6 is 0 Å². The molecule has 0 spiro atoms.